The number of nitriles is 1. The minimum absolute atomic E-state index is 0.0317. The monoisotopic (exact) mass is 664 g/mol. The number of carbonyl (C=O) groups is 1. The van der Waals surface area contributed by atoms with Crippen molar-refractivity contribution in [3.8, 4) is 6.07 Å². The van der Waals surface area contributed by atoms with Crippen LogP contribution in [0.25, 0.3) is 16.8 Å². The minimum Gasteiger partial charge on any atom is -0.396 e. The van der Waals surface area contributed by atoms with E-state index in [1.165, 1.54) is 12.8 Å². The summed E-state index contributed by atoms with van der Waals surface area (Å²) in [6.07, 6.45) is 1.24. The van der Waals surface area contributed by atoms with Gasteiger partial charge in [-0.2, -0.15) is 5.26 Å². The second-order valence-corrected chi connectivity index (χ2v) is 13.0. The predicted octanol–water partition coefficient (Wildman–Crippen LogP) is 2.75. The van der Waals surface area contributed by atoms with Gasteiger partial charge in [0.15, 0.2) is 6.29 Å². The Bertz CT molecular complexity index is 1580. The molecule has 2 aliphatic heterocycles. The lowest BCUT2D eigenvalue weighted by molar-refractivity contribution is -0.245. The van der Waals surface area contributed by atoms with E-state index in [0.717, 1.165) is 48.3 Å². The number of hydrogen-bond acceptors (Lipinski definition) is 11. The van der Waals surface area contributed by atoms with E-state index in [0.29, 0.717) is 18.9 Å². The van der Waals surface area contributed by atoms with E-state index in [-0.39, 0.29) is 18.6 Å². The highest BCUT2D eigenvalue weighted by Crippen LogP contribution is 2.25. The predicted molar refractivity (Wildman–Crippen MR) is 181 cm³/mol. The van der Waals surface area contributed by atoms with Gasteiger partial charge in [-0.05, 0) is 66.8 Å². The van der Waals surface area contributed by atoms with Gasteiger partial charge in [0.05, 0.1) is 31.6 Å². The first-order valence-corrected chi connectivity index (χ1v) is 16.3. The summed E-state index contributed by atoms with van der Waals surface area (Å²) in [5, 5.41) is 51.2. The van der Waals surface area contributed by atoms with E-state index in [1.807, 2.05) is 58.2 Å². The molecule has 3 aromatic rings. The second-order valence-electron chi connectivity index (χ2n) is 13.0. The summed E-state index contributed by atoms with van der Waals surface area (Å²) < 4.78 is 17.7. The van der Waals surface area contributed by atoms with Crippen molar-refractivity contribution >= 4 is 28.4 Å². The van der Waals surface area contributed by atoms with E-state index >= 15 is 0 Å². The standard InChI is InChI=1S/C23H27N3O3.C12H21N3O4/c1-23(2,7-10-27)25-22(28)20(16-24)14-17-3-4-19-15-21(6-5-18(19)13-17)26-8-11-29-12-9-26;1-7(2)8-5-15(14-13-8)6-10-12(17)9(16)4-11(18-3)19-10/h3-6,13-15,27H,7-12H2,1-2H3,(H,25,28);5,7,9-12,16-17H,4,6H2,1-3H3/b20-14+;/t;9?,10?,11-,12-/m.0/s1. The van der Waals surface area contributed by atoms with Gasteiger partial charge in [-0.15, -0.1) is 5.10 Å². The van der Waals surface area contributed by atoms with Crippen molar-refractivity contribution in [3.05, 3.63) is 59.4 Å². The highest BCUT2D eigenvalue weighted by Gasteiger charge is 2.37. The molecule has 2 fully saturated rings. The number of nitrogens with zero attached hydrogens (tertiary/aromatic N) is 5. The van der Waals surface area contributed by atoms with E-state index < -0.39 is 36.0 Å². The van der Waals surface area contributed by atoms with Crippen LogP contribution in [0.4, 0.5) is 5.69 Å². The molecule has 3 heterocycles. The fourth-order valence-corrected chi connectivity index (χ4v) is 5.46. The van der Waals surface area contributed by atoms with Crippen LogP contribution >= 0.6 is 0 Å². The van der Waals surface area contributed by atoms with Crippen molar-refractivity contribution < 1.29 is 34.3 Å². The van der Waals surface area contributed by atoms with Gasteiger partial charge in [0.1, 0.15) is 23.9 Å². The number of methoxy groups -OCH3 is 1. The molecule has 48 heavy (non-hydrogen) atoms. The molecule has 4 atom stereocenters. The van der Waals surface area contributed by atoms with Crippen LogP contribution in [0.3, 0.4) is 0 Å². The van der Waals surface area contributed by atoms with Crippen LogP contribution in [0.1, 0.15) is 57.7 Å². The van der Waals surface area contributed by atoms with Gasteiger partial charge in [0.2, 0.25) is 0 Å². The van der Waals surface area contributed by atoms with Crippen LogP contribution in [0.5, 0.6) is 0 Å². The van der Waals surface area contributed by atoms with Crippen LogP contribution in [0.15, 0.2) is 48.2 Å². The fourth-order valence-electron chi connectivity index (χ4n) is 5.46. The summed E-state index contributed by atoms with van der Waals surface area (Å²) >= 11 is 0. The molecule has 2 saturated heterocycles. The molecule has 4 N–H and O–H groups in total. The van der Waals surface area contributed by atoms with Gasteiger partial charge in [-0.1, -0.05) is 37.3 Å². The molecule has 1 aromatic heterocycles. The van der Waals surface area contributed by atoms with Gasteiger partial charge in [-0.3, -0.25) is 4.79 Å². The molecule has 0 spiro atoms. The fraction of sp³-hybridized carbons (Fsp3) is 0.543. The number of rotatable bonds is 10. The zero-order valence-corrected chi connectivity index (χ0v) is 28.4. The van der Waals surface area contributed by atoms with E-state index in [1.54, 1.807) is 10.8 Å². The number of benzene rings is 2. The second kappa shape index (κ2) is 17.0. The molecular formula is C35H48N6O7. The number of aliphatic hydroxyl groups is 3. The zero-order valence-electron chi connectivity index (χ0n) is 28.4. The Morgan fingerprint density at radius 1 is 1.19 bits per heavy atom. The molecule has 260 valence electrons. The lowest BCUT2D eigenvalue weighted by Gasteiger charge is -2.36. The van der Waals surface area contributed by atoms with Crippen LogP contribution in [-0.2, 0) is 25.5 Å². The summed E-state index contributed by atoms with van der Waals surface area (Å²) in [4.78, 5) is 14.8. The van der Waals surface area contributed by atoms with E-state index in [4.69, 9.17) is 19.3 Å². The first kappa shape index (κ1) is 36.9. The molecule has 0 radical (unpaired) electrons. The first-order chi connectivity index (χ1) is 22.9. The number of morpholine rings is 1. The highest BCUT2D eigenvalue weighted by atomic mass is 16.7. The normalized spacial score (nSPS) is 21.8. The summed E-state index contributed by atoms with van der Waals surface area (Å²) in [5.74, 6) is -0.142. The number of nitrogens with one attached hydrogen (secondary N) is 1. The summed E-state index contributed by atoms with van der Waals surface area (Å²) in [6.45, 7) is 11.3. The topological polar surface area (TPSA) is 175 Å². The van der Waals surface area contributed by atoms with Gasteiger partial charge < -0.3 is 39.7 Å². The molecule has 1 amide bonds. The SMILES string of the molecule is CC(C)(CCO)NC(=O)/C(C#N)=C/c1ccc2cc(N3CCOCC3)ccc2c1.CO[C@@H]1CC(O)[C@H](O)C(Cn2cc(C(C)C)nn2)O1. The van der Waals surface area contributed by atoms with Gasteiger partial charge >= 0.3 is 0 Å². The average Bonchev–Trinajstić information content (AvgIpc) is 3.54. The molecule has 2 unspecified atom stereocenters. The average molecular weight is 665 g/mol. The lowest BCUT2D eigenvalue weighted by Crippen LogP contribution is -2.50. The third kappa shape index (κ3) is 10.1. The number of anilines is 1. The van der Waals surface area contributed by atoms with Crippen molar-refractivity contribution in [3.63, 3.8) is 0 Å². The number of ether oxygens (including phenoxy) is 3. The molecule has 13 nitrogen and oxygen atoms in total. The van der Waals surface area contributed by atoms with Gasteiger partial charge in [0.25, 0.3) is 5.91 Å². The van der Waals surface area contributed by atoms with Crippen LogP contribution < -0.4 is 10.2 Å². The summed E-state index contributed by atoms with van der Waals surface area (Å²) in [5.41, 5.74) is 2.31. The summed E-state index contributed by atoms with van der Waals surface area (Å²) in [6, 6.07) is 14.2. The van der Waals surface area contributed by atoms with Crippen molar-refractivity contribution in [1.82, 2.24) is 20.3 Å². The van der Waals surface area contributed by atoms with Crippen molar-refractivity contribution in [2.24, 2.45) is 0 Å². The maximum atomic E-state index is 12.5. The van der Waals surface area contributed by atoms with E-state index in [9.17, 15) is 20.3 Å². The molecule has 0 saturated carbocycles. The Kier molecular flexibility index (Phi) is 13.1. The quantitative estimate of drug-likeness (QED) is 0.185. The van der Waals surface area contributed by atoms with Crippen molar-refractivity contribution in [2.45, 2.75) is 83.1 Å². The Morgan fingerprint density at radius 2 is 1.90 bits per heavy atom. The number of amides is 1. The Balaban J connectivity index is 0.000000237. The van der Waals surface area contributed by atoms with Crippen LogP contribution in [-0.4, -0.2) is 106 Å². The molecule has 2 aromatic carbocycles. The van der Waals surface area contributed by atoms with Crippen molar-refractivity contribution in [1.29, 1.82) is 5.26 Å². The van der Waals surface area contributed by atoms with Crippen LogP contribution in [0, 0.1) is 11.3 Å². The molecular weight excluding hydrogens is 616 g/mol. The molecule has 0 bridgehead atoms. The Labute approximate surface area is 281 Å². The third-order valence-electron chi connectivity index (χ3n) is 8.40. The maximum Gasteiger partial charge on any atom is 0.262 e. The minimum atomic E-state index is -0.946. The molecule has 13 heteroatoms. The smallest absolute Gasteiger partial charge is 0.262 e. The third-order valence-corrected chi connectivity index (χ3v) is 8.40. The molecule has 0 aliphatic carbocycles. The Hall–Kier alpha value is -3.90. The number of hydrogen-bond donors (Lipinski definition) is 4. The first-order valence-electron chi connectivity index (χ1n) is 16.3. The van der Waals surface area contributed by atoms with Gasteiger partial charge in [0, 0.05) is 50.7 Å². The number of aliphatic hydroxyl groups excluding tert-OH is 3. The highest BCUT2D eigenvalue weighted by molar-refractivity contribution is 6.02. The lowest BCUT2D eigenvalue weighted by atomic mass is 10.00. The number of aromatic nitrogens is 3. The van der Waals surface area contributed by atoms with E-state index in [2.05, 4.69) is 38.7 Å². The number of carbonyl (C=O) groups excluding carboxylic acids is 1. The van der Waals surface area contributed by atoms with Crippen LogP contribution in [0.2, 0.25) is 0 Å². The largest absolute Gasteiger partial charge is 0.396 e. The Morgan fingerprint density at radius 3 is 2.54 bits per heavy atom. The molecule has 2 aliphatic rings. The zero-order chi connectivity index (χ0) is 34.8. The van der Waals surface area contributed by atoms with Gasteiger partial charge in [-0.25, -0.2) is 4.68 Å². The summed E-state index contributed by atoms with van der Waals surface area (Å²) in [7, 11) is 1.51. The van der Waals surface area contributed by atoms with Crippen molar-refractivity contribution in [2.75, 3.05) is 44.9 Å². The number of fused-ring (bicyclic) bond motifs is 1. The molecule has 5 rings (SSSR count). The maximum absolute atomic E-state index is 12.5.